The van der Waals surface area contributed by atoms with E-state index in [1.165, 1.54) is 25.3 Å². The highest BCUT2D eigenvalue weighted by Crippen LogP contribution is 2.38. The predicted molar refractivity (Wildman–Crippen MR) is 74.4 cm³/mol. The van der Waals surface area contributed by atoms with Crippen molar-refractivity contribution in [3.8, 4) is 0 Å². The molecule has 0 saturated heterocycles. The van der Waals surface area contributed by atoms with Gasteiger partial charge in [0.25, 0.3) is 0 Å². The summed E-state index contributed by atoms with van der Waals surface area (Å²) in [6.07, 6.45) is 3.76. The summed E-state index contributed by atoms with van der Waals surface area (Å²) >= 11 is 5.83. The second-order valence-corrected chi connectivity index (χ2v) is 6.40. The van der Waals surface area contributed by atoms with Crippen molar-refractivity contribution in [3.05, 3.63) is 34.6 Å². The van der Waals surface area contributed by atoms with Crippen LogP contribution in [0.2, 0.25) is 5.02 Å². The van der Waals surface area contributed by atoms with E-state index in [2.05, 4.69) is 26.1 Å². The third-order valence-corrected chi connectivity index (χ3v) is 4.44. The maximum absolute atomic E-state index is 13.1. The fourth-order valence-corrected chi connectivity index (χ4v) is 3.00. The summed E-state index contributed by atoms with van der Waals surface area (Å²) in [6.45, 7) is 6.72. The highest BCUT2D eigenvalue weighted by molar-refractivity contribution is 6.30. The number of benzene rings is 1. The van der Waals surface area contributed by atoms with Gasteiger partial charge in [0.2, 0.25) is 0 Å². The molecule has 2 atom stereocenters. The fraction of sp³-hybridized carbons (Fsp3) is 0.600. The molecule has 0 bridgehead atoms. The third-order valence-electron chi connectivity index (χ3n) is 4.15. The average Bonchev–Trinajstić information content (AvgIpc) is 2.62. The van der Waals surface area contributed by atoms with Gasteiger partial charge in [-0.15, -0.1) is 0 Å². The van der Waals surface area contributed by atoms with Gasteiger partial charge in [-0.05, 0) is 42.9 Å². The lowest BCUT2D eigenvalue weighted by atomic mass is 9.86. The Balaban J connectivity index is 2.07. The van der Waals surface area contributed by atoms with Gasteiger partial charge in [-0.25, -0.2) is 4.39 Å². The van der Waals surface area contributed by atoms with E-state index < -0.39 is 0 Å². The largest absolute Gasteiger partial charge is 0.307 e. The normalized spacial score (nSPS) is 24.2. The van der Waals surface area contributed by atoms with E-state index in [9.17, 15) is 4.39 Å². The van der Waals surface area contributed by atoms with Crippen LogP contribution in [-0.2, 0) is 0 Å². The van der Waals surface area contributed by atoms with Crippen LogP contribution in [0.25, 0.3) is 0 Å². The van der Waals surface area contributed by atoms with Gasteiger partial charge in [-0.2, -0.15) is 0 Å². The molecule has 1 saturated carbocycles. The molecule has 0 aliphatic heterocycles. The first kappa shape index (κ1) is 13.8. The monoisotopic (exact) mass is 269 g/mol. The van der Waals surface area contributed by atoms with Crippen molar-refractivity contribution in [1.29, 1.82) is 0 Å². The minimum absolute atomic E-state index is 0.200. The Morgan fingerprint density at radius 3 is 2.72 bits per heavy atom. The topological polar surface area (TPSA) is 12.0 Å². The third kappa shape index (κ3) is 2.86. The lowest BCUT2D eigenvalue weighted by molar-refractivity contribution is 0.266. The van der Waals surface area contributed by atoms with E-state index in [1.807, 2.05) is 0 Å². The Morgan fingerprint density at radius 1 is 1.44 bits per heavy atom. The van der Waals surface area contributed by atoms with Crippen LogP contribution in [0.4, 0.5) is 4.39 Å². The Morgan fingerprint density at radius 2 is 2.17 bits per heavy atom. The average molecular weight is 270 g/mol. The second-order valence-electron chi connectivity index (χ2n) is 6.00. The number of hydrogen-bond donors (Lipinski definition) is 1. The van der Waals surface area contributed by atoms with Gasteiger partial charge in [0, 0.05) is 12.1 Å². The van der Waals surface area contributed by atoms with Gasteiger partial charge in [-0.3, -0.25) is 0 Å². The highest BCUT2D eigenvalue weighted by atomic mass is 35.5. The van der Waals surface area contributed by atoms with Gasteiger partial charge in [0.05, 0.1) is 5.02 Å². The van der Waals surface area contributed by atoms with Crippen LogP contribution in [0.15, 0.2) is 18.2 Å². The van der Waals surface area contributed by atoms with E-state index in [1.54, 1.807) is 12.1 Å². The Hall–Kier alpha value is -0.600. The molecule has 1 nitrogen and oxygen atoms in total. The first-order valence-electron chi connectivity index (χ1n) is 6.61. The predicted octanol–water partition coefficient (Wildman–Crippen LogP) is 4.71. The van der Waals surface area contributed by atoms with Gasteiger partial charge in [0.15, 0.2) is 0 Å². The van der Waals surface area contributed by atoms with Gasteiger partial charge in [-0.1, -0.05) is 37.9 Å². The zero-order chi connectivity index (χ0) is 13.3. The van der Waals surface area contributed by atoms with E-state index in [-0.39, 0.29) is 16.9 Å². The maximum Gasteiger partial charge on any atom is 0.141 e. The molecule has 0 spiro atoms. The molecule has 1 fully saturated rings. The van der Waals surface area contributed by atoms with Crippen LogP contribution in [0, 0.1) is 11.2 Å². The van der Waals surface area contributed by atoms with Gasteiger partial charge < -0.3 is 5.32 Å². The van der Waals surface area contributed by atoms with Crippen LogP contribution < -0.4 is 5.32 Å². The van der Waals surface area contributed by atoms with Crippen LogP contribution in [0.5, 0.6) is 0 Å². The quantitative estimate of drug-likeness (QED) is 0.838. The standard InChI is InChI=1S/C15H21ClFN/c1-10(11-6-7-13(17)12(16)9-11)18-14-5-4-8-15(14,2)3/h6-7,9-10,14,18H,4-5,8H2,1-3H3. The van der Waals surface area contributed by atoms with Crippen LogP contribution >= 0.6 is 11.6 Å². The van der Waals surface area contributed by atoms with Crippen molar-refractivity contribution in [2.45, 2.75) is 52.1 Å². The van der Waals surface area contributed by atoms with Crippen LogP contribution in [0.3, 0.4) is 0 Å². The molecule has 0 heterocycles. The zero-order valence-electron chi connectivity index (χ0n) is 11.3. The molecule has 0 amide bonds. The van der Waals surface area contributed by atoms with Crippen molar-refractivity contribution in [2.75, 3.05) is 0 Å². The second kappa shape index (κ2) is 5.18. The summed E-state index contributed by atoms with van der Waals surface area (Å²) in [7, 11) is 0. The fourth-order valence-electron chi connectivity index (χ4n) is 2.82. The summed E-state index contributed by atoms with van der Waals surface area (Å²) in [5.41, 5.74) is 1.39. The van der Waals surface area contributed by atoms with E-state index in [4.69, 9.17) is 11.6 Å². The minimum atomic E-state index is -0.353. The molecular weight excluding hydrogens is 249 g/mol. The first-order valence-corrected chi connectivity index (χ1v) is 6.99. The molecule has 18 heavy (non-hydrogen) atoms. The Bertz CT molecular complexity index is 431. The van der Waals surface area contributed by atoms with Crippen molar-refractivity contribution in [1.82, 2.24) is 5.32 Å². The molecular formula is C15H21ClFN. The number of hydrogen-bond acceptors (Lipinski definition) is 1. The van der Waals surface area contributed by atoms with Gasteiger partial charge >= 0.3 is 0 Å². The Labute approximate surface area is 114 Å². The molecule has 1 aliphatic carbocycles. The summed E-state index contributed by atoms with van der Waals surface area (Å²) in [4.78, 5) is 0. The smallest absolute Gasteiger partial charge is 0.141 e. The summed E-state index contributed by atoms with van der Waals surface area (Å²) in [5, 5.41) is 3.85. The molecule has 3 heteroatoms. The lowest BCUT2D eigenvalue weighted by Crippen LogP contribution is -2.39. The summed E-state index contributed by atoms with van der Waals surface area (Å²) in [6, 6.07) is 5.69. The maximum atomic E-state index is 13.1. The van der Waals surface area contributed by atoms with Crippen molar-refractivity contribution in [3.63, 3.8) is 0 Å². The Kier molecular flexibility index (Phi) is 3.98. The lowest BCUT2D eigenvalue weighted by Gasteiger charge is -2.31. The van der Waals surface area contributed by atoms with E-state index in [0.717, 1.165) is 5.56 Å². The molecule has 1 aliphatic rings. The van der Waals surface area contributed by atoms with Crippen LogP contribution in [0.1, 0.15) is 51.6 Å². The van der Waals surface area contributed by atoms with Crippen molar-refractivity contribution in [2.24, 2.45) is 5.41 Å². The molecule has 0 radical (unpaired) electrons. The number of halogens is 2. The number of rotatable bonds is 3. The molecule has 1 aromatic carbocycles. The summed E-state index contributed by atoms with van der Waals surface area (Å²) in [5.74, 6) is -0.353. The molecule has 100 valence electrons. The van der Waals surface area contributed by atoms with Gasteiger partial charge in [0.1, 0.15) is 5.82 Å². The van der Waals surface area contributed by atoms with Crippen molar-refractivity contribution < 1.29 is 4.39 Å². The molecule has 1 N–H and O–H groups in total. The SMILES string of the molecule is CC(NC1CCCC1(C)C)c1ccc(F)c(Cl)c1. The van der Waals surface area contributed by atoms with E-state index >= 15 is 0 Å². The molecule has 0 aromatic heterocycles. The molecule has 1 aromatic rings. The van der Waals surface area contributed by atoms with E-state index in [0.29, 0.717) is 11.5 Å². The number of nitrogens with one attached hydrogen (secondary N) is 1. The van der Waals surface area contributed by atoms with Crippen LogP contribution in [-0.4, -0.2) is 6.04 Å². The minimum Gasteiger partial charge on any atom is -0.307 e. The molecule has 2 rings (SSSR count). The first-order chi connectivity index (χ1) is 8.40. The highest BCUT2D eigenvalue weighted by Gasteiger charge is 2.34. The summed E-state index contributed by atoms with van der Waals surface area (Å²) < 4.78 is 13.1. The molecule has 2 unspecified atom stereocenters. The zero-order valence-corrected chi connectivity index (χ0v) is 12.0. The van der Waals surface area contributed by atoms with Crippen molar-refractivity contribution >= 4 is 11.6 Å².